The summed E-state index contributed by atoms with van der Waals surface area (Å²) in [5.41, 5.74) is 1.88. The van der Waals surface area contributed by atoms with E-state index < -0.39 is 0 Å². The highest BCUT2D eigenvalue weighted by atomic mass is 35.5. The molecule has 2 N–H and O–H groups in total. The zero-order chi connectivity index (χ0) is 17.6. The predicted octanol–water partition coefficient (Wildman–Crippen LogP) is 3.61. The normalized spacial score (nSPS) is 10.5. The van der Waals surface area contributed by atoms with Crippen molar-refractivity contribution in [3.8, 4) is 0 Å². The van der Waals surface area contributed by atoms with Crippen molar-refractivity contribution in [1.82, 2.24) is 20.1 Å². The van der Waals surface area contributed by atoms with Crippen LogP contribution < -0.4 is 10.6 Å². The first-order valence-electron chi connectivity index (χ1n) is 7.52. The van der Waals surface area contributed by atoms with Crippen LogP contribution in [0, 0.1) is 5.82 Å². The lowest BCUT2D eigenvalue weighted by molar-refractivity contribution is 0.624. The topological polar surface area (TPSA) is 54.8 Å². The van der Waals surface area contributed by atoms with Crippen molar-refractivity contribution in [3.63, 3.8) is 0 Å². The van der Waals surface area contributed by atoms with Crippen molar-refractivity contribution in [2.45, 2.75) is 13.1 Å². The minimum Gasteiger partial charge on any atom is -0.358 e. The molecule has 0 radical (unpaired) electrons. The summed E-state index contributed by atoms with van der Waals surface area (Å²) in [6.07, 6.45) is 1.56. The van der Waals surface area contributed by atoms with Crippen LogP contribution in [-0.4, -0.2) is 19.9 Å². The van der Waals surface area contributed by atoms with E-state index in [1.807, 2.05) is 30.3 Å². The second-order valence-corrected chi connectivity index (χ2v) is 6.11. The Balaban J connectivity index is 1.55. The zero-order valence-corrected chi connectivity index (χ0v) is 14.7. The van der Waals surface area contributed by atoms with E-state index in [1.54, 1.807) is 17.1 Å². The summed E-state index contributed by atoms with van der Waals surface area (Å²) in [6, 6.07) is 14.2. The smallest absolute Gasteiger partial charge is 0.248 e. The average molecular weight is 376 g/mol. The SMILES string of the molecule is Fc1ccc(Cn2cnc(NC(=S)NCc3ccccc3)n2)c(Cl)c1. The van der Waals surface area contributed by atoms with Gasteiger partial charge >= 0.3 is 0 Å². The molecule has 0 fully saturated rings. The lowest BCUT2D eigenvalue weighted by Gasteiger charge is -2.08. The molecule has 5 nitrogen and oxygen atoms in total. The lowest BCUT2D eigenvalue weighted by Crippen LogP contribution is -2.28. The van der Waals surface area contributed by atoms with Gasteiger partial charge in [0, 0.05) is 11.6 Å². The van der Waals surface area contributed by atoms with Gasteiger partial charge in [0.2, 0.25) is 5.95 Å². The Bertz CT molecular complexity index is 868. The van der Waals surface area contributed by atoms with Crippen molar-refractivity contribution in [1.29, 1.82) is 0 Å². The van der Waals surface area contributed by atoms with Gasteiger partial charge in [0.1, 0.15) is 12.1 Å². The molecular formula is C17H15ClFN5S. The van der Waals surface area contributed by atoms with Crippen LogP contribution in [0.5, 0.6) is 0 Å². The van der Waals surface area contributed by atoms with Crippen LogP contribution in [0.1, 0.15) is 11.1 Å². The molecule has 3 rings (SSSR count). The summed E-state index contributed by atoms with van der Waals surface area (Å²) >= 11 is 11.3. The van der Waals surface area contributed by atoms with Crippen molar-refractivity contribution < 1.29 is 4.39 Å². The van der Waals surface area contributed by atoms with Crippen LogP contribution in [0.3, 0.4) is 0 Å². The summed E-state index contributed by atoms with van der Waals surface area (Å²) in [5.74, 6) is 0.00771. The molecule has 0 amide bonds. The quantitative estimate of drug-likeness (QED) is 0.667. The van der Waals surface area contributed by atoms with Gasteiger partial charge < -0.3 is 5.32 Å². The second-order valence-electron chi connectivity index (χ2n) is 5.29. The molecular weight excluding hydrogens is 361 g/mol. The predicted molar refractivity (Wildman–Crippen MR) is 100 cm³/mol. The highest BCUT2D eigenvalue weighted by molar-refractivity contribution is 7.80. The zero-order valence-electron chi connectivity index (χ0n) is 13.1. The largest absolute Gasteiger partial charge is 0.358 e. The molecule has 0 aliphatic carbocycles. The highest BCUT2D eigenvalue weighted by Gasteiger charge is 2.07. The van der Waals surface area contributed by atoms with E-state index in [0.29, 0.717) is 29.2 Å². The molecule has 128 valence electrons. The van der Waals surface area contributed by atoms with E-state index in [4.69, 9.17) is 23.8 Å². The van der Waals surface area contributed by atoms with Gasteiger partial charge in [0.05, 0.1) is 6.54 Å². The summed E-state index contributed by atoms with van der Waals surface area (Å²) in [5, 5.41) is 11.1. The number of nitrogens with one attached hydrogen (secondary N) is 2. The number of benzene rings is 2. The minimum atomic E-state index is -0.371. The summed E-state index contributed by atoms with van der Waals surface area (Å²) < 4.78 is 14.7. The van der Waals surface area contributed by atoms with Gasteiger partial charge in [-0.3, -0.25) is 5.32 Å². The molecule has 25 heavy (non-hydrogen) atoms. The third-order valence-electron chi connectivity index (χ3n) is 3.41. The van der Waals surface area contributed by atoms with Crippen molar-refractivity contribution in [3.05, 3.63) is 76.8 Å². The average Bonchev–Trinajstić information content (AvgIpc) is 3.03. The van der Waals surface area contributed by atoms with Crippen molar-refractivity contribution in [2.24, 2.45) is 0 Å². The van der Waals surface area contributed by atoms with Crippen molar-refractivity contribution >= 4 is 34.9 Å². The molecule has 8 heteroatoms. The summed E-state index contributed by atoms with van der Waals surface area (Å²) in [7, 11) is 0. The third kappa shape index (κ3) is 4.98. The molecule has 1 aromatic heterocycles. The number of rotatable bonds is 5. The molecule has 3 aromatic rings. The van der Waals surface area contributed by atoms with Gasteiger partial charge in [-0.15, -0.1) is 5.10 Å². The maximum Gasteiger partial charge on any atom is 0.248 e. The molecule has 2 aromatic carbocycles. The number of anilines is 1. The molecule has 0 aliphatic rings. The number of thiocarbonyl (C=S) groups is 1. The van der Waals surface area contributed by atoms with Gasteiger partial charge in [0.25, 0.3) is 0 Å². The molecule has 1 heterocycles. The van der Waals surface area contributed by atoms with E-state index in [-0.39, 0.29) is 5.82 Å². The molecule has 0 spiro atoms. The van der Waals surface area contributed by atoms with E-state index in [9.17, 15) is 4.39 Å². The van der Waals surface area contributed by atoms with Gasteiger partial charge in [-0.2, -0.15) is 0 Å². The van der Waals surface area contributed by atoms with Crippen molar-refractivity contribution in [2.75, 3.05) is 5.32 Å². The van der Waals surface area contributed by atoms with Gasteiger partial charge in [-0.1, -0.05) is 48.0 Å². The van der Waals surface area contributed by atoms with E-state index in [0.717, 1.165) is 11.1 Å². The summed E-state index contributed by atoms with van der Waals surface area (Å²) in [4.78, 5) is 4.15. The standard InChI is InChI=1S/C17H15ClFN5S/c18-15-8-14(19)7-6-13(15)10-24-11-21-16(23-24)22-17(25)20-9-12-4-2-1-3-5-12/h1-8,11H,9-10H2,(H2,20,22,23,25). The van der Waals surface area contributed by atoms with E-state index in [1.165, 1.54) is 12.1 Å². The first-order chi connectivity index (χ1) is 12.1. The monoisotopic (exact) mass is 375 g/mol. The molecule has 0 aliphatic heterocycles. The number of hydrogen-bond donors (Lipinski definition) is 2. The van der Waals surface area contributed by atoms with Crippen LogP contribution in [0.2, 0.25) is 5.02 Å². The maximum absolute atomic E-state index is 13.1. The van der Waals surface area contributed by atoms with Gasteiger partial charge in [-0.05, 0) is 35.5 Å². The second kappa shape index (κ2) is 8.04. The molecule has 0 atom stereocenters. The Morgan fingerprint density at radius 3 is 2.76 bits per heavy atom. The van der Waals surface area contributed by atoms with Crippen LogP contribution in [-0.2, 0) is 13.1 Å². The number of aromatic nitrogens is 3. The first kappa shape index (κ1) is 17.3. The Morgan fingerprint density at radius 1 is 1.20 bits per heavy atom. The lowest BCUT2D eigenvalue weighted by atomic mass is 10.2. The first-order valence-corrected chi connectivity index (χ1v) is 8.31. The van der Waals surface area contributed by atoms with Crippen LogP contribution in [0.15, 0.2) is 54.9 Å². The molecule has 0 unspecified atom stereocenters. The van der Waals surface area contributed by atoms with Gasteiger partial charge in [-0.25, -0.2) is 14.1 Å². The Kier molecular flexibility index (Phi) is 5.57. The Morgan fingerprint density at radius 2 is 2.00 bits per heavy atom. The summed E-state index contributed by atoms with van der Waals surface area (Å²) in [6.45, 7) is 0.997. The highest BCUT2D eigenvalue weighted by Crippen LogP contribution is 2.18. The van der Waals surface area contributed by atoms with E-state index in [2.05, 4.69) is 20.7 Å². The fourth-order valence-corrected chi connectivity index (χ4v) is 2.57. The third-order valence-corrected chi connectivity index (χ3v) is 4.00. The Labute approximate surface area is 154 Å². The molecule has 0 bridgehead atoms. The minimum absolute atomic E-state index is 0.352. The van der Waals surface area contributed by atoms with Gasteiger partial charge in [0.15, 0.2) is 5.11 Å². The van der Waals surface area contributed by atoms with Crippen LogP contribution >= 0.6 is 23.8 Å². The molecule has 0 saturated heterocycles. The number of nitrogens with zero attached hydrogens (tertiary/aromatic N) is 3. The molecule has 0 saturated carbocycles. The fraction of sp³-hybridized carbons (Fsp3) is 0.118. The maximum atomic E-state index is 13.1. The number of hydrogen-bond acceptors (Lipinski definition) is 3. The fourth-order valence-electron chi connectivity index (χ4n) is 2.18. The number of halogens is 2. The van der Waals surface area contributed by atoms with Crippen LogP contribution in [0.25, 0.3) is 0 Å². The Hall–Kier alpha value is -2.51. The van der Waals surface area contributed by atoms with Crippen LogP contribution in [0.4, 0.5) is 10.3 Å². The van der Waals surface area contributed by atoms with E-state index >= 15 is 0 Å².